The monoisotopic (exact) mass is 294 g/mol. The van der Waals surface area contributed by atoms with Gasteiger partial charge < -0.3 is 0 Å². The van der Waals surface area contributed by atoms with Crippen LogP contribution < -0.4 is 0 Å². The first kappa shape index (κ1) is 14.5. The summed E-state index contributed by atoms with van der Waals surface area (Å²) in [7, 11) is 0. The Labute approximate surface area is 121 Å². The van der Waals surface area contributed by atoms with Crippen LogP contribution in [0.2, 0.25) is 0 Å². The zero-order chi connectivity index (χ0) is 14.7. The average molecular weight is 295 g/mol. The highest BCUT2D eigenvalue weighted by Crippen LogP contribution is 2.25. The van der Waals surface area contributed by atoms with Gasteiger partial charge in [0, 0.05) is 17.5 Å². The van der Waals surface area contributed by atoms with Gasteiger partial charge in [0.2, 0.25) is 0 Å². The average Bonchev–Trinajstić information content (AvgIpc) is 2.84. The van der Waals surface area contributed by atoms with Crippen LogP contribution in [0.3, 0.4) is 0 Å². The van der Waals surface area contributed by atoms with Crippen molar-refractivity contribution < 1.29 is 4.92 Å². The number of nitro groups is 1. The van der Waals surface area contributed by atoms with Gasteiger partial charge in [-0.25, -0.2) is 4.68 Å². The molecule has 0 saturated heterocycles. The van der Waals surface area contributed by atoms with Crippen LogP contribution in [0.5, 0.6) is 0 Å². The summed E-state index contributed by atoms with van der Waals surface area (Å²) >= 11 is 5.64. The molecule has 0 saturated carbocycles. The van der Waals surface area contributed by atoms with E-state index in [-0.39, 0.29) is 10.6 Å². The van der Waals surface area contributed by atoms with Crippen molar-refractivity contribution in [2.75, 3.05) is 5.88 Å². The number of hydrogen-bond donors (Lipinski definition) is 0. The van der Waals surface area contributed by atoms with Gasteiger partial charge in [0.15, 0.2) is 0 Å². The summed E-state index contributed by atoms with van der Waals surface area (Å²) in [5, 5.41) is 19.1. The molecule has 2 rings (SSSR count). The van der Waals surface area contributed by atoms with Crippen molar-refractivity contribution in [1.29, 1.82) is 0 Å². The van der Waals surface area contributed by atoms with Crippen LogP contribution in [0.1, 0.15) is 23.2 Å². The Morgan fingerprint density at radius 1 is 1.35 bits per heavy atom. The van der Waals surface area contributed by atoms with E-state index in [1.165, 1.54) is 6.07 Å². The molecule has 0 atom stereocenters. The normalized spacial score (nSPS) is 10.8. The second kappa shape index (κ2) is 6.00. The number of nitrogens with zero attached hydrogens (tertiary/aromatic N) is 4. The fraction of sp³-hybridized carbons (Fsp3) is 0.385. The third kappa shape index (κ3) is 2.96. The van der Waals surface area contributed by atoms with Crippen LogP contribution in [0, 0.1) is 24.0 Å². The van der Waals surface area contributed by atoms with Crippen molar-refractivity contribution in [2.24, 2.45) is 0 Å². The number of rotatable bonds is 5. The molecule has 0 radical (unpaired) electrons. The minimum Gasteiger partial charge on any atom is -0.258 e. The van der Waals surface area contributed by atoms with Gasteiger partial charge >= 0.3 is 0 Å². The van der Waals surface area contributed by atoms with Crippen molar-refractivity contribution in [1.82, 2.24) is 15.0 Å². The Morgan fingerprint density at radius 3 is 2.75 bits per heavy atom. The summed E-state index contributed by atoms with van der Waals surface area (Å²) in [6, 6.07) is 3.32. The lowest BCUT2D eigenvalue weighted by Gasteiger charge is -2.06. The maximum atomic E-state index is 11.0. The zero-order valence-corrected chi connectivity index (χ0v) is 12.1. The Balaban J connectivity index is 2.39. The predicted octanol–water partition coefficient (Wildman–Crippen LogP) is 2.96. The molecule has 0 amide bonds. The van der Waals surface area contributed by atoms with Gasteiger partial charge in [-0.3, -0.25) is 10.1 Å². The van der Waals surface area contributed by atoms with E-state index in [1.54, 1.807) is 23.9 Å². The molecule has 0 unspecified atom stereocenters. The Morgan fingerprint density at radius 2 is 2.10 bits per heavy atom. The number of hydrogen-bond acceptors (Lipinski definition) is 4. The molecular weight excluding hydrogens is 280 g/mol. The van der Waals surface area contributed by atoms with Crippen molar-refractivity contribution in [3.63, 3.8) is 0 Å². The highest BCUT2D eigenvalue weighted by molar-refractivity contribution is 6.17. The van der Waals surface area contributed by atoms with E-state index in [4.69, 9.17) is 11.6 Å². The number of aryl methyl sites for hydroxylation is 3. The smallest absolute Gasteiger partial charge is 0.258 e. The summed E-state index contributed by atoms with van der Waals surface area (Å²) in [4.78, 5) is 10.6. The van der Waals surface area contributed by atoms with Gasteiger partial charge in [0.1, 0.15) is 0 Å². The second-order valence-corrected chi connectivity index (χ2v) is 5.01. The molecule has 6 nitrogen and oxygen atoms in total. The summed E-state index contributed by atoms with van der Waals surface area (Å²) in [6.07, 6.45) is 3.36. The minimum absolute atomic E-state index is 0.0865. The van der Waals surface area contributed by atoms with Crippen LogP contribution in [-0.4, -0.2) is 25.8 Å². The Bertz CT molecular complexity index is 639. The van der Waals surface area contributed by atoms with Crippen molar-refractivity contribution >= 4 is 17.3 Å². The molecule has 0 bridgehead atoms. The molecule has 0 aliphatic carbocycles. The molecule has 0 N–H and O–H groups in total. The van der Waals surface area contributed by atoms with Gasteiger partial charge in [0.05, 0.1) is 22.5 Å². The number of nitro benzene ring substituents is 1. The molecule has 106 valence electrons. The molecule has 0 fully saturated rings. The van der Waals surface area contributed by atoms with Gasteiger partial charge in [-0.2, -0.15) is 0 Å². The predicted molar refractivity (Wildman–Crippen MR) is 76.5 cm³/mol. The van der Waals surface area contributed by atoms with Gasteiger partial charge in [-0.1, -0.05) is 5.21 Å². The zero-order valence-electron chi connectivity index (χ0n) is 11.3. The Kier molecular flexibility index (Phi) is 4.34. The third-order valence-corrected chi connectivity index (χ3v) is 3.33. The van der Waals surface area contributed by atoms with E-state index < -0.39 is 0 Å². The highest BCUT2D eigenvalue weighted by Gasteiger charge is 2.15. The van der Waals surface area contributed by atoms with Gasteiger partial charge in [0.25, 0.3) is 5.69 Å². The second-order valence-electron chi connectivity index (χ2n) is 4.63. The molecule has 2 aromatic rings. The maximum Gasteiger partial charge on any atom is 0.274 e. The van der Waals surface area contributed by atoms with Crippen LogP contribution in [0.25, 0.3) is 5.69 Å². The lowest BCUT2D eigenvalue weighted by molar-refractivity contribution is -0.385. The van der Waals surface area contributed by atoms with Crippen LogP contribution in [0.4, 0.5) is 5.69 Å². The number of aromatic nitrogens is 3. The first-order valence-corrected chi connectivity index (χ1v) is 6.79. The van der Waals surface area contributed by atoms with E-state index in [1.807, 2.05) is 6.92 Å². The number of benzene rings is 1. The van der Waals surface area contributed by atoms with E-state index in [0.717, 1.165) is 24.1 Å². The highest BCUT2D eigenvalue weighted by atomic mass is 35.5. The lowest BCUT2D eigenvalue weighted by Crippen LogP contribution is -2.01. The van der Waals surface area contributed by atoms with Crippen LogP contribution >= 0.6 is 11.6 Å². The molecule has 0 spiro atoms. The van der Waals surface area contributed by atoms with E-state index >= 15 is 0 Å². The first-order valence-electron chi connectivity index (χ1n) is 6.26. The third-order valence-electron chi connectivity index (χ3n) is 3.07. The summed E-state index contributed by atoms with van der Waals surface area (Å²) in [5.74, 6) is 0.571. The molecular formula is C13H15ClN4O2. The van der Waals surface area contributed by atoms with Crippen molar-refractivity contribution in [3.8, 4) is 5.69 Å². The van der Waals surface area contributed by atoms with Gasteiger partial charge in [-0.15, -0.1) is 16.7 Å². The number of alkyl halides is 1. The number of halogens is 1. The van der Waals surface area contributed by atoms with Crippen molar-refractivity contribution in [3.05, 3.63) is 45.3 Å². The van der Waals surface area contributed by atoms with E-state index in [0.29, 0.717) is 17.1 Å². The standard InChI is InChI=1S/C13H15ClN4O2/c1-9-6-10(2)13(18(19)20)7-12(9)17-8-11(15-16-17)4-3-5-14/h6-8H,3-5H2,1-2H3. The topological polar surface area (TPSA) is 73.8 Å². The minimum atomic E-state index is -0.385. The lowest BCUT2D eigenvalue weighted by atomic mass is 10.1. The summed E-state index contributed by atoms with van der Waals surface area (Å²) in [6.45, 7) is 3.62. The quantitative estimate of drug-likeness (QED) is 0.483. The molecule has 1 heterocycles. The molecule has 7 heteroatoms. The fourth-order valence-electron chi connectivity index (χ4n) is 2.05. The van der Waals surface area contributed by atoms with E-state index in [2.05, 4.69) is 10.3 Å². The Hall–Kier alpha value is -1.95. The van der Waals surface area contributed by atoms with E-state index in [9.17, 15) is 10.1 Å². The van der Waals surface area contributed by atoms with Crippen LogP contribution in [0.15, 0.2) is 18.3 Å². The molecule has 1 aromatic carbocycles. The summed E-state index contributed by atoms with van der Waals surface area (Å²) in [5.41, 5.74) is 3.14. The van der Waals surface area contributed by atoms with Crippen molar-refractivity contribution in [2.45, 2.75) is 26.7 Å². The molecule has 20 heavy (non-hydrogen) atoms. The molecule has 0 aliphatic rings. The largest absolute Gasteiger partial charge is 0.274 e. The fourth-order valence-corrected chi connectivity index (χ4v) is 2.19. The first-order chi connectivity index (χ1) is 9.52. The van der Waals surface area contributed by atoms with Crippen LogP contribution in [-0.2, 0) is 6.42 Å². The maximum absolute atomic E-state index is 11.0. The summed E-state index contributed by atoms with van der Waals surface area (Å²) < 4.78 is 1.57. The molecule has 1 aromatic heterocycles. The van der Waals surface area contributed by atoms with Gasteiger partial charge in [-0.05, 0) is 38.3 Å². The SMILES string of the molecule is Cc1cc(C)c([N+](=O)[O-])cc1-n1cc(CCCCl)nn1. The molecule has 0 aliphatic heterocycles.